The van der Waals surface area contributed by atoms with Crippen LogP contribution < -0.4 is 20.4 Å². The molecule has 52 heavy (non-hydrogen) atoms. The predicted molar refractivity (Wildman–Crippen MR) is 199 cm³/mol. The van der Waals surface area contributed by atoms with Gasteiger partial charge in [0.2, 0.25) is 23.7 Å². The van der Waals surface area contributed by atoms with Gasteiger partial charge in [-0.1, -0.05) is 0 Å². The van der Waals surface area contributed by atoms with Crippen LogP contribution in [0.5, 0.6) is 0 Å². The van der Waals surface area contributed by atoms with Crippen molar-refractivity contribution in [2.45, 2.75) is 64.2 Å². The average Bonchev–Trinajstić information content (AvgIpc) is 3.58. The smallest absolute Gasteiger partial charge is 0.227 e. The second kappa shape index (κ2) is 14.3. The minimum atomic E-state index is 0.00533. The van der Waals surface area contributed by atoms with Crippen LogP contribution in [-0.4, -0.2) is 104 Å². The van der Waals surface area contributed by atoms with Gasteiger partial charge in [-0.3, -0.25) is 9.59 Å². The number of nitrogens with zero attached hydrogens (tertiary/aromatic N) is 10. The van der Waals surface area contributed by atoms with Crippen LogP contribution in [0.2, 0.25) is 0 Å². The topological polar surface area (TPSA) is 148 Å². The molecule has 0 saturated carbocycles. The van der Waals surface area contributed by atoms with Crippen molar-refractivity contribution in [1.29, 1.82) is 0 Å². The van der Waals surface area contributed by atoms with Gasteiger partial charge in [0, 0.05) is 108 Å². The molecule has 8 rings (SSSR count). The minimum Gasteiger partial charge on any atom is -0.342 e. The number of hydrogen-bond donors (Lipinski definition) is 2. The summed E-state index contributed by atoms with van der Waals surface area (Å²) in [6, 6.07) is 12.1. The molecule has 0 aliphatic carbocycles. The molecule has 4 aromatic heterocycles. The molecule has 4 fully saturated rings. The molecule has 4 aromatic rings. The summed E-state index contributed by atoms with van der Waals surface area (Å²) in [4.78, 5) is 62.2. The normalized spacial score (nSPS) is 21.4. The summed E-state index contributed by atoms with van der Waals surface area (Å²) in [6.07, 6.45) is 7.55. The Morgan fingerprint density at radius 1 is 0.635 bits per heavy atom. The molecule has 8 heterocycles. The molecular weight excluding hydrogens is 656 g/mol. The number of piperidine rings is 1. The molecule has 14 nitrogen and oxygen atoms in total. The van der Waals surface area contributed by atoms with Crippen LogP contribution in [0.3, 0.4) is 0 Å². The summed E-state index contributed by atoms with van der Waals surface area (Å²) < 4.78 is 0. The first kappa shape index (κ1) is 33.7. The van der Waals surface area contributed by atoms with Crippen molar-refractivity contribution >= 4 is 47.0 Å². The fraction of sp³-hybridized carbons (Fsp3) is 0.474. The van der Waals surface area contributed by atoms with Crippen LogP contribution in [0.15, 0.2) is 48.8 Å². The van der Waals surface area contributed by atoms with Crippen LogP contribution in [0.1, 0.15) is 79.8 Å². The largest absolute Gasteiger partial charge is 0.342 e. The maximum Gasteiger partial charge on any atom is 0.227 e. The fourth-order valence-electron chi connectivity index (χ4n) is 7.50. The molecule has 2 amide bonds. The van der Waals surface area contributed by atoms with E-state index < -0.39 is 0 Å². The number of anilines is 6. The van der Waals surface area contributed by atoms with Crippen molar-refractivity contribution in [2.24, 2.45) is 0 Å². The molecule has 0 spiro atoms. The lowest BCUT2D eigenvalue weighted by Gasteiger charge is -2.38. The van der Waals surface area contributed by atoms with E-state index in [0.717, 1.165) is 86.7 Å². The number of nitrogens with one attached hydrogen (secondary N) is 2. The quantitative estimate of drug-likeness (QED) is 0.249. The highest BCUT2D eigenvalue weighted by atomic mass is 16.2. The number of hydrogen-bond acceptors (Lipinski definition) is 12. The summed E-state index contributed by atoms with van der Waals surface area (Å²) in [5.41, 5.74) is 4.07. The Morgan fingerprint density at radius 2 is 1.19 bits per heavy atom. The summed E-state index contributed by atoms with van der Waals surface area (Å²) in [5, 5.41) is 6.88. The number of carbonyl (C=O) groups is 2. The molecule has 0 aromatic carbocycles. The summed E-state index contributed by atoms with van der Waals surface area (Å²) in [6.45, 7) is 11.6. The standard InChI is InChI=1S/C38H46N12O2/c1-24-6-9-39-33(16-24)43-36-20-32(42-38(46-36)48-13-5-14-48)30-17-29(22-50(23-30)26(3)52)27-7-10-40-34(18-27)44-35-19-31(28-8-15-49(21-28)25(2)51)41-37(45-35)47-11-4-12-47/h6-7,9-10,16,18-20,28-30H,4-5,8,11-15,17,21-23H2,1-3H3,(H,39,42,43,46)(H,40,41,44,45). The van der Waals surface area contributed by atoms with E-state index in [1.54, 1.807) is 20.0 Å². The second-order valence-electron chi connectivity index (χ2n) is 14.6. The molecule has 4 aliphatic heterocycles. The zero-order valence-corrected chi connectivity index (χ0v) is 30.1. The number of carbonyl (C=O) groups excluding carboxylic acids is 2. The number of rotatable bonds is 9. The third-order valence-electron chi connectivity index (χ3n) is 10.8. The highest BCUT2D eigenvalue weighted by Crippen LogP contribution is 2.38. The maximum atomic E-state index is 12.9. The van der Waals surface area contributed by atoms with Gasteiger partial charge in [0.05, 0.1) is 11.4 Å². The van der Waals surface area contributed by atoms with Gasteiger partial charge in [0.25, 0.3) is 0 Å². The molecule has 3 atom stereocenters. The van der Waals surface area contributed by atoms with Crippen molar-refractivity contribution in [2.75, 3.05) is 72.8 Å². The lowest BCUT2D eigenvalue weighted by Crippen LogP contribution is -2.42. The van der Waals surface area contributed by atoms with E-state index in [1.165, 1.54) is 0 Å². The van der Waals surface area contributed by atoms with Crippen LogP contribution >= 0.6 is 0 Å². The minimum absolute atomic E-state index is 0.00533. The highest BCUT2D eigenvalue weighted by molar-refractivity contribution is 5.74. The summed E-state index contributed by atoms with van der Waals surface area (Å²) in [7, 11) is 0. The van der Waals surface area contributed by atoms with Gasteiger partial charge in [0.15, 0.2) is 0 Å². The number of aromatic nitrogens is 6. The van der Waals surface area contributed by atoms with E-state index in [2.05, 4.69) is 36.5 Å². The lowest BCUT2D eigenvalue weighted by molar-refractivity contribution is -0.130. The van der Waals surface area contributed by atoms with Gasteiger partial charge < -0.3 is 30.2 Å². The molecular formula is C38H46N12O2. The third-order valence-corrected chi connectivity index (χ3v) is 10.8. The van der Waals surface area contributed by atoms with E-state index >= 15 is 0 Å². The lowest BCUT2D eigenvalue weighted by atomic mass is 9.83. The molecule has 0 bridgehead atoms. The maximum absolute atomic E-state index is 12.9. The first-order valence-corrected chi connectivity index (χ1v) is 18.5. The number of aryl methyl sites for hydroxylation is 1. The van der Waals surface area contributed by atoms with Crippen LogP contribution in [0.4, 0.5) is 35.2 Å². The third kappa shape index (κ3) is 7.32. The Morgan fingerprint density at radius 3 is 1.75 bits per heavy atom. The zero-order chi connectivity index (χ0) is 35.8. The van der Waals surface area contributed by atoms with Crippen molar-refractivity contribution in [3.63, 3.8) is 0 Å². The van der Waals surface area contributed by atoms with Crippen molar-refractivity contribution in [3.05, 3.63) is 71.3 Å². The van der Waals surface area contributed by atoms with Crippen molar-refractivity contribution in [1.82, 2.24) is 39.7 Å². The predicted octanol–water partition coefficient (Wildman–Crippen LogP) is 4.73. The highest BCUT2D eigenvalue weighted by Gasteiger charge is 2.33. The molecule has 2 N–H and O–H groups in total. The van der Waals surface area contributed by atoms with Gasteiger partial charge in [-0.15, -0.1) is 0 Å². The second-order valence-corrected chi connectivity index (χ2v) is 14.6. The fourth-order valence-corrected chi connectivity index (χ4v) is 7.50. The summed E-state index contributed by atoms with van der Waals surface area (Å²) in [5.74, 6) is 4.60. The Balaban J connectivity index is 1.06. The average molecular weight is 703 g/mol. The Labute approximate surface area is 304 Å². The van der Waals surface area contributed by atoms with E-state index in [1.807, 2.05) is 53.3 Å². The molecule has 4 saturated heterocycles. The molecule has 14 heteroatoms. The van der Waals surface area contributed by atoms with Crippen LogP contribution in [0.25, 0.3) is 0 Å². The number of likely N-dealkylation sites (tertiary alicyclic amines) is 2. The SMILES string of the molecule is CC(=O)N1CCC(c2cc(Nc3cc(C4CC(c5cc(Nc6cc(C)ccn6)nc(N6CCC6)n5)CN(C(C)=O)C4)ccn3)nc(N3CCC3)n2)C1. The Hall–Kier alpha value is -5.40. The molecule has 4 aliphatic rings. The van der Waals surface area contributed by atoms with E-state index in [9.17, 15) is 9.59 Å². The Kier molecular flexibility index (Phi) is 9.29. The Bertz CT molecular complexity index is 1960. The van der Waals surface area contributed by atoms with Crippen LogP contribution in [-0.2, 0) is 9.59 Å². The first-order valence-electron chi connectivity index (χ1n) is 18.5. The van der Waals surface area contributed by atoms with E-state index in [0.29, 0.717) is 49.0 Å². The van der Waals surface area contributed by atoms with Gasteiger partial charge in [-0.2, -0.15) is 9.97 Å². The van der Waals surface area contributed by atoms with E-state index in [-0.39, 0.29) is 29.6 Å². The van der Waals surface area contributed by atoms with Gasteiger partial charge >= 0.3 is 0 Å². The van der Waals surface area contributed by atoms with Crippen molar-refractivity contribution in [3.8, 4) is 0 Å². The monoisotopic (exact) mass is 702 g/mol. The summed E-state index contributed by atoms with van der Waals surface area (Å²) >= 11 is 0. The van der Waals surface area contributed by atoms with Gasteiger partial charge in [0.1, 0.15) is 23.3 Å². The molecule has 0 radical (unpaired) electrons. The van der Waals surface area contributed by atoms with E-state index in [4.69, 9.17) is 19.9 Å². The first-order chi connectivity index (χ1) is 25.2. The number of pyridine rings is 2. The molecule has 3 unspecified atom stereocenters. The zero-order valence-electron chi connectivity index (χ0n) is 30.1. The van der Waals surface area contributed by atoms with Gasteiger partial charge in [-0.25, -0.2) is 19.9 Å². The number of amides is 2. The van der Waals surface area contributed by atoms with Crippen LogP contribution in [0, 0.1) is 6.92 Å². The molecule has 270 valence electrons. The van der Waals surface area contributed by atoms with Gasteiger partial charge in [-0.05, 0) is 68.0 Å². The van der Waals surface area contributed by atoms with Crippen molar-refractivity contribution < 1.29 is 9.59 Å².